The van der Waals surface area contributed by atoms with Gasteiger partial charge in [-0.15, -0.1) is 0 Å². The second-order valence-electron chi connectivity index (χ2n) is 6.70. The Bertz CT molecular complexity index is 886. The molecule has 2 aliphatic rings. The number of para-hydroxylation sites is 2. The zero-order valence-electron chi connectivity index (χ0n) is 15.3. The fourth-order valence-electron chi connectivity index (χ4n) is 3.59. The van der Waals surface area contributed by atoms with Crippen LogP contribution in [0.25, 0.3) is 6.08 Å². The molecular formula is C22H22N2O2S. The number of amidine groups is 1. The maximum absolute atomic E-state index is 13.2. The number of hydrogen-bond acceptors (Lipinski definition) is 4. The van der Waals surface area contributed by atoms with Gasteiger partial charge >= 0.3 is 0 Å². The van der Waals surface area contributed by atoms with Crippen molar-refractivity contribution < 1.29 is 9.53 Å². The number of hydrogen-bond donors (Lipinski definition) is 0. The number of amides is 1. The van der Waals surface area contributed by atoms with Crippen LogP contribution in [0, 0.1) is 0 Å². The molecule has 0 spiro atoms. The number of ether oxygens (including phenoxy) is 1. The van der Waals surface area contributed by atoms with E-state index in [0.717, 1.165) is 35.0 Å². The molecule has 1 amide bonds. The van der Waals surface area contributed by atoms with Crippen LogP contribution in [0.2, 0.25) is 0 Å². The molecule has 1 heterocycles. The highest BCUT2D eigenvalue weighted by atomic mass is 32.2. The first-order valence-corrected chi connectivity index (χ1v) is 10.1. The molecule has 1 saturated heterocycles. The Labute approximate surface area is 163 Å². The van der Waals surface area contributed by atoms with Crippen molar-refractivity contribution in [3.05, 3.63) is 65.1 Å². The molecule has 0 bridgehead atoms. The van der Waals surface area contributed by atoms with Gasteiger partial charge in [-0.25, -0.2) is 4.99 Å². The van der Waals surface area contributed by atoms with Crippen LogP contribution in [-0.2, 0) is 4.79 Å². The second-order valence-corrected chi connectivity index (χ2v) is 7.71. The topological polar surface area (TPSA) is 41.9 Å². The Balaban J connectivity index is 1.72. The summed E-state index contributed by atoms with van der Waals surface area (Å²) in [5.74, 6) is 0.812. The first-order chi connectivity index (χ1) is 13.3. The molecule has 27 heavy (non-hydrogen) atoms. The summed E-state index contributed by atoms with van der Waals surface area (Å²) in [4.78, 5) is 20.6. The van der Waals surface area contributed by atoms with Gasteiger partial charge in [0, 0.05) is 11.6 Å². The van der Waals surface area contributed by atoms with E-state index in [9.17, 15) is 4.79 Å². The van der Waals surface area contributed by atoms with Gasteiger partial charge in [0.15, 0.2) is 5.17 Å². The summed E-state index contributed by atoms with van der Waals surface area (Å²) in [6, 6.07) is 17.8. The molecule has 1 aliphatic carbocycles. The summed E-state index contributed by atoms with van der Waals surface area (Å²) < 4.78 is 5.43. The molecule has 138 valence electrons. The molecule has 0 N–H and O–H groups in total. The summed E-state index contributed by atoms with van der Waals surface area (Å²) in [5.41, 5.74) is 1.78. The lowest BCUT2D eigenvalue weighted by molar-refractivity contribution is -0.123. The third kappa shape index (κ3) is 3.78. The molecule has 0 aromatic heterocycles. The van der Waals surface area contributed by atoms with Gasteiger partial charge in [0.05, 0.1) is 17.7 Å². The first-order valence-electron chi connectivity index (χ1n) is 9.26. The van der Waals surface area contributed by atoms with E-state index in [0.29, 0.717) is 4.91 Å². The van der Waals surface area contributed by atoms with E-state index in [1.165, 1.54) is 24.6 Å². The SMILES string of the molecule is COc1ccccc1/C=C1\SC(=Nc2ccccc2)N(C2CCCC2)C1=O. The number of benzene rings is 2. The van der Waals surface area contributed by atoms with Crippen LogP contribution in [-0.4, -0.2) is 29.1 Å². The molecule has 4 nitrogen and oxygen atoms in total. The Morgan fingerprint density at radius 1 is 1.07 bits per heavy atom. The summed E-state index contributed by atoms with van der Waals surface area (Å²) in [6.07, 6.45) is 6.35. The van der Waals surface area contributed by atoms with Crippen molar-refractivity contribution in [3.8, 4) is 5.75 Å². The normalized spacial score (nSPS) is 20.8. The standard InChI is InChI=1S/C22H22N2O2S/c1-26-19-14-8-5-9-16(19)15-20-21(25)24(18-12-6-7-13-18)22(27-20)23-17-10-3-2-4-11-17/h2-5,8-11,14-15,18H,6-7,12-13H2,1H3/b20-15-,23-22?. The molecule has 4 rings (SSSR count). The smallest absolute Gasteiger partial charge is 0.267 e. The lowest BCUT2D eigenvalue weighted by Gasteiger charge is -2.22. The molecule has 1 aliphatic heterocycles. The van der Waals surface area contributed by atoms with E-state index in [2.05, 4.69) is 0 Å². The fraction of sp³-hybridized carbons (Fsp3) is 0.273. The Morgan fingerprint density at radius 2 is 1.78 bits per heavy atom. The van der Waals surface area contributed by atoms with Gasteiger partial charge in [0.1, 0.15) is 5.75 Å². The minimum atomic E-state index is 0.0486. The van der Waals surface area contributed by atoms with Crippen LogP contribution in [0.4, 0.5) is 5.69 Å². The van der Waals surface area contributed by atoms with Gasteiger partial charge in [-0.2, -0.15) is 0 Å². The van der Waals surface area contributed by atoms with Gasteiger partial charge < -0.3 is 4.74 Å². The number of carbonyl (C=O) groups excluding carboxylic acids is 1. The summed E-state index contributed by atoms with van der Waals surface area (Å²) in [5, 5.41) is 0.777. The largest absolute Gasteiger partial charge is 0.496 e. The quantitative estimate of drug-likeness (QED) is 0.683. The predicted octanol–water partition coefficient (Wildman–Crippen LogP) is 5.24. The molecule has 0 radical (unpaired) electrons. The van der Waals surface area contributed by atoms with Crippen LogP contribution < -0.4 is 4.74 Å². The minimum Gasteiger partial charge on any atom is -0.496 e. The number of carbonyl (C=O) groups is 1. The van der Waals surface area contributed by atoms with Crippen molar-refractivity contribution in [3.63, 3.8) is 0 Å². The van der Waals surface area contributed by atoms with Crippen molar-refractivity contribution >= 4 is 34.6 Å². The van der Waals surface area contributed by atoms with Gasteiger partial charge in [-0.1, -0.05) is 49.2 Å². The number of aliphatic imine (C=N–C) groups is 1. The highest BCUT2D eigenvalue weighted by Crippen LogP contribution is 2.39. The van der Waals surface area contributed by atoms with Crippen molar-refractivity contribution in [1.29, 1.82) is 0 Å². The molecule has 0 atom stereocenters. The Hall–Kier alpha value is -2.53. The van der Waals surface area contributed by atoms with Crippen LogP contribution in [0.15, 0.2) is 64.5 Å². The van der Waals surface area contributed by atoms with Crippen LogP contribution in [0.3, 0.4) is 0 Å². The molecule has 2 fully saturated rings. The first kappa shape index (κ1) is 17.9. The highest BCUT2D eigenvalue weighted by Gasteiger charge is 2.39. The summed E-state index contributed by atoms with van der Waals surface area (Å²) in [6.45, 7) is 0. The third-order valence-electron chi connectivity index (χ3n) is 4.93. The molecule has 5 heteroatoms. The monoisotopic (exact) mass is 378 g/mol. The van der Waals surface area contributed by atoms with Gasteiger partial charge in [-0.3, -0.25) is 9.69 Å². The molecule has 2 aromatic carbocycles. The number of methoxy groups -OCH3 is 1. The van der Waals surface area contributed by atoms with E-state index in [-0.39, 0.29) is 11.9 Å². The average Bonchev–Trinajstić information content (AvgIpc) is 3.32. The van der Waals surface area contributed by atoms with E-state index in [1.807, 2.05) is 65.6 Å². The maximum Gasteiger partial charge on any atom is 0.267 e. The van der Waals surface area contributed by atoms with Crippen molar-refractivity contribution in [1.82, 2.24) is 4.90 Å². The van der Waals surface area contributed by atoms with Crippen LogP contribution >= 0.6 is 11.8 Å². The van der Waals surface area contributed by atoms with E-state index >= 15 is 0 Å². The Kier molecular flexibility index (Phi) is 5.30. The zero-order valence-corrected chi connectivity index (χ0v) is 16.1. The highest BCUT2D eigenvalue weighted by molar-refractivity contribution is 8.18. The lowest BCUT2D eigenvalue weighted by atomic mass is 10.1. The zero-order chi connectivity index (χ0) is 18.6. The van der Waals surface area contributed by atoms with Crippen molar-refractivity contribution in [2.45, 2.75) is 31.7 Å². The van der Waals surface area contributed by atoms with E-state index < -0.39 is 0 Å². The van der Waals surface area contributed by atoms with Crippen LogP contribution in [0.1, 0.15) is 31.2 Å². The number of nitrogens with zero attached hydrogens (tertiary/aromatic N) is 2. The van der Waals surface area contributed by atoms with Crippen molar-refractivity contribution in [2.24, 2.45) is 4.99 Å². The average molecular weight is 378 g/mol. The predicted molar refractivity (Wildman–Crippen MR) is 111 cm³/mol. The second kappa shape index (κ2) is 8.01. The number of thioether (sulfide) groups is 1. The molecule has 1 saturated carbocycles. The van der Waals surface area contributed by atoms with E-state index in [1.54, 1.807) is 7.11 Å². The van der Waals surface area contributed by atoms with Crippen LogP contribution in [0.5, 0.6) is 5.75 Å². The lowest BCUT2D eigenvalue weighted by Crippen LogP contribution is -2.37. The molecular weight excluding hydrogens is 356 g/mol. The summed E-state index contributed by atoms with van der Waals surface area (Å²) >= 11 is 1.45. The van der Waals surface area contributed by atoms with Crippen molar-refractivity contribution in [2.75, 3.05) is 7.11 Å². The van der Waals surface area contributed by atoms with E-state index in [4.69, 9.17) is 9.73 Å². The number of rotatable bonds is 4. The Morgan fingerprint density at radius 3 is 2.52 bits per heavy atom. The van der Waals surface area contributed by atoms with Gasteiger partial charge in [-0.05, 0) is 48.9 Å². The molecule has 2 aromatic rings. The van der Waals surface area contributed by atoms with Gasteiger partial charge in [0.2, 0.25) is 0 Å². The third-order valence-corrected chi connectivity index (χ3v) is 5.92. The fourth-order valence-corrected chi connectivity index (χ4v) is 4.64. The molecule has 0 unspecified atom stereocenters. The maximum atomic E-state index is 13.2. The minimum absolute atomic E-state index is 0.0486. The summed E-state index contributed by atoms with van der Waals surface area (Å²) in [7, 11) is 1.65. The van der Waals surface area contributed by atoms with Gasteiger partial charge in [0.25, 0.3) is 5.91 Å².